The highest BCUT2D eigenvalue weighted by Gasteiger charge is 2.55. The average molecular weight is 292 g/mol. The highest BCUT2D eigenvalue weighted by Crippen LogP contribution is 2.42. The number of rotatable bonds is 5. The highest BCUT2D eigenvalue weighted by atomic mass is 19.1. The van der Waals surface area contributed by atoms with Gasteiger partial charge in [0, 0.05) is 6.07 Å². The quantitative estimate of drug-likeness (QED) is 0.844. The van der Waals surface area contributed by atoms with E-state index < -0.39 is 5.54 Å². The van der Waals surface area contributed by atoms with Gasteiger partial charge in [0.05, 0.1) is 6.54 Å². The second-order valence-corrected chi connectivity index (χ2v) is 5.67. The molecule has 2 fully saturated rings. The third kappa shape index (κ3) is 2.57. The number of nitrogens with one attached hydrogen (secondary N) is 1. The first-order valence-electron chi connectivity index (χ1n) is 7.03. The normalized spacial score (nSPS) is 25.1. The summed E-state index contributed by atoms with van der Waals surface area (Å²) in [6, 6.07) is 5.38. The third-order valence-electron chi connectivity index (χ3n) is 4.07. The van der Waals surface area contributed by atoms with Gasteiger partial charge in [0.1, 0.15) is 23.7 Å². The Morgan fingerprint density at radius 2 is 2.19 bits per heavy atom. The molecule has 0 spiro atoms. The molecule has 1 saturated carbocycles. The zero-order valence-corrected chi connectivity index (χ0v) is 11.8. The third-order valence-corrected chi connectivity index (χ3v) is 4.07. The lowest BCUT2D eigenvalue weighted by Crippen LogP contribution is -2.46. The van der Waals surface area contributed by atoms with Gasteiger partial charge in [-0.15, -0.1) is 0 Å². The molecule has 1 aliphatic carbocycles. The largest absolute Gasteiger partial charge is 0.492 e. The first kappa shape index (κ1) is 13.9. The topological polar surface area (TPSA) is 58.6 Å². The molecule has 0 radical (unpaired) electrons. The Morgan fingerprint density at radius 3 is 2.86 bits per heavy atom. The summed E-state index contributed by atoms with van der Waals surface area (Å²) in [6.45, 7) is 2.07. The number of amides is 3. The molecule has 21 heavy (non-hydrogen) atoms. The van der Waals surface area contributed by atoms with E-state index in [-0.39, 0.29) is 36.8 Å². The maximum Gasteiger partial charge on any atom is 0.325 e. The van der Waals surface area contributed by atoms with E-state index in [0.29, 0.717) is 5.75 Å². The molecule has 1 aliphatic heterocycles. The van der Waals surface area contributed by atoms with E-state index in [4.69, 9.17) is 4.74 Å². The number of ether oxygens (including phenoxy) is 1. The fraction of sp³-hybridized carbons (Fsp3) is 0.467. The van der Waals surface area contributed by atoms with Gasteiger partial charge in [-0.2, -0.15) is 0 Å². The van der Waals surface area contributed by atoms with Crippen molar-refractivity contribution in [3.63, 3.8) is 0 Å². The molecule has 0 bridgehead atoms. The molecule has 1 atom stereocenters. The molecular weight excluding hydrogens is 275 g/mol. The molecule has 6 heteroatoms. The number of halogens is 1. The maximum atomic E-state index is 13.0. The summed E-state index contributed by atoms with van der Waals surface area (Å²) >= 11 is 0. The van der Waals surface area contributed by atoms with Crippen molar-refractivity contribution in [1.29, 1.82) is 0 Å². The predicted molar refractivity (Wildman–Crippen MR) is 73.3 cm³/mol. The Bertz CT molecular complexity index is 588. The number of carbonyl (C=O) groups is 2. The van der Waals surface area contributed by atoms with Crippen molar-refractivity contribution in [2.24, 2.45) is 5.92 Å². The Kier molecular flexibility index (Phi) is 3.31. The summed E-state index contributed by atoms with van der Waals surface area (Å²) in [5.74, 6) is 0.0386. The maximum absolute atomic E-state index is 13.0. The van der Waals surface area contributed by atoms with Gasteiger partial charge in [-0.25, -0.2) is 9.18 Å². The van der Waals surface area contributed by atoms with Gasteiger partial charge in [-0.1, -0.05) is 6.07 Å². The Balaban J connectivity index is 1.58. The zero-order chi connectivity index (χ0) is 15.0. The standard InChI is InChI=1S/C15H17FN2O3/c1-15(10-5-6-10)13(19)18(14(20)17-15)7-8-21-12-4-2-3-11(16)9-12/h2-4,9-10H,5-8H2,1H3,(H,17,20). The van der Waals surface area contributed by atoms with E-state index in [1.807, 2.05) is 0 Å². The van der Waals surface area contributed by atoms with Gasteiger partial charge in [0.2, 0.25) is 0 Å². The van der Waals surface area contributed by atoms with Crippen LogP contribution in [0.2, 0.25) is 0 Å². The molecule has 1 unspecified atom stereocenters. The van der Waals surface area contributed by atoms with Crippen molar-refractivity contribution in [3.8, 4) is 5.75 Å². The van der Waals surface area contributed by atoms with E-state index in [2.05, 4.69) is 5.32 Å². The van der Waals surface area contributed by atoms with Crippen LogP contribution in [-0.2, 0) is 4.79 Å². The van der Waals surface area contributed by atoms with E-state index >= 15 is 0 Å². The van der Waals surface area contributed by atoms with Crippen LogP contribution in [0.25, 0.3) is 0 Å². The molecule has 1 aromatic rings. The number of hydrogen-bond acceptors (Lipinski definition) is 3. The van der Waals surface area contributed by atoms with Crippen LogP contribution >= 0.6 is 0 Å². The number of imide groups is 1. The van der Waals surface area contributed by atoms with Crippen molar-refractivity contribution in [2.75, 3.05) is 13.2 Å². The Hall–Kier alpha value is -2.11. The van der Waals surface area contributed by atoms with Gasteiger partial charge in [-0.05, 0) is 37.8 Å². The molecule has 1 heterocycles. The van der Waals surface area contributed by atoms with E-state index in [1.165, 1.54) is 17.0 Å². The van der Waals surface area contributed by atoms with Crippen molar-refractivity contribution in [1.82, 2.24) is 10.2 Å². The molecule has 1 aromatic carbocycles. The first-order chi connectivity index (χ1) is 10.0. The number of benzene rings is 1. The minimum Gasteiger partial charge on any atom is -0.492 e. The van der Waals surface area contributed by atoms with Crippen LogP contribution in [0.4, 0.5) is 9.18 Å². The van der Waals surface area contributed by atoms with E-state index in [0.717, 1.165) is 12.8 Å². The van der Waals surface area contributed by atoms with Crippen molar-refractivity contribution in [3.05, 3.63) is 30.1 Å². The van der Waals surface area contributed by atoms with Gasteiger partial charge >= 0.3 is 6.03 Å². The van der Waals surface area contributed by atoms with E-state index in [1.54, 1.807) is 19.1 Å². The number of carbonyl (C=O) groups excluding carboxylic acids is 2. The molecule has 0 aromatic heterocycles. The van der Waals surface area contributed by atoms with Crippen LogP contribution in [0.15, 0.2) is 24.3 Å². The van der Waals surface area contributed by atoms with Crippen molar-refractivity contribution >= 4 is 11.9 Å². The van der Waals surface area contributed by atoms with Crippen LogP contribution in [0.3, 0.4) is 0 Å². The van der Waals surface area contributed by atoms with Crippen LogP contribution < -0.4 is 10.1 Å². The van der Waals surface area contributed by atoms with Crippen LogP contribution in [0, 0.1) is 11.7 Å². The SMILES string of the molecule is CC1(C2CC2)NC(=O)N(CCOc2cccc(F)c2)C1=O. The van der Waals surface area contributed by atoms with Gasteiger partial charge in [0.15, 0.2) is 0 Å². The summed E-state index contributed by atoms with van der Waals surface area (Å²) in [4.78, 5) is 25.4. The van der Waals surface area contributed by atoms with Gasteiger partial charge in [-0.3, -0.25) is 9.69 Å². The summed E-state index contributed by atoms with van der Waals surface area (Å²) in [6.07, 6.45) is 1.94. The van der Waals surface area contributed by atoms with E-state index in [9.17, 15) is 14.0 Å². The summed E-state index contributed by atoms with van der Waals surface area (Å²) in [5, 5.41) is 2.77. The predicted octanol–water partition coefficient (Wildman–Crippen LogP) is 1.93. The Labute approximate surface area is 122 Å². The second kappa shape index (κ2) is 5.02. The number of urea groups is 1. The average Bonchev–Trinajstić information content (AvgIpc) is 3.24. The molecule has 3 amide bonds. The smallest absolute Gasteiger partial charge is 0.325 e. The summed E-state index contributed by atoms with van der Waals surface area (Å²) in [7, 11) is 0. The molecular formula is C15H17FN2O3. The van der Waals surface area contributed by atoms with Crippen LogP contribution in [-0.4, -0.2) is 35.5 Å². The highest BCUT2D eigenvalue weighted by molar-refractivity contribution is 6.07. The van der Waals surface area contributed by atoms with Crippen molar-refractivity contribution in [2.45, 2.75) is 25.3 Å². The lowest BCUT2D eigenvalue weighted by atomic mass is 9.96. The van der Waals surface area contributed by atoms with Gasteiger partial charge in [0.25, 0.3) is 5.91 Å². The van der Waals surface area contributed by atoms with Crippen LogP contribution in [0.5, 0.6) is 5.75 Å². The summed E-state index contributed by atoms with van der Waals surface area (Å²) in [5.41, 5.74) is -0.768. The van der Waals surface area contributed by atoms with Gasteiger partial charge < -0.3 is 10.1 Å². The minimum atomic E-state index is -0.768. The number of nitrogens with zero attached hydrogens (tertiary/aromatic N) is 1. The second-order valence-electron chi connectivity index (χ2n) is 5.67. The monoisotopic (exact) mass is 292 g/mol. The Morgan fingerprint density at radius 1 is 1.43 bits per heavy atom. The van der Waals surface area contributed by atoms with Crippen molar-refractivity contribution < 1.29 is 18.7 Å². The molecule has 1 saturated heterocycles. The molecule has 1 N–H and O–H groups in total. The number of hydrogen-bond donors (Lipinski definition) is 1. The fourth-order valence-corrected chi connectivity index (χ4v) is 2.67. The summed E-state index contributed by atoms with van der Waals surface area (Å²) < 4.78 is 18.4. The minimum absolute atomic E-state index is 0.142. The lowest BCUT2D eigenvalue weighted by Gasteiger charge is -2.21. The fourth-order valence-electron chi connectivity index (χ4n) is 2.67. The van der Waals surface area contributed by atoms with Crippen LogP contribution in [0.1, 0.15) is 19.8 Å². The molecule has 112 valence electrons. The first-order valence-corrected chi connectivity index (χ1v) is 7.03. The zero-order valence-electron chi connectivity index (χ0n) is 11.8. The lowest BCUT2D eigenvalue weighted by molar-refractivity contribution is -0.131. The molecule has 3 rings (SSSR count). The molecule has 5 nitrogen and oxygen atoms in total. The molecule has 2 aliphatic rings.